The highest BCUT2D eigenvalue weighted by Crippen LogP contribution is 2.30. The van der Waals surface area contributed by atoms with Crippen molar-refractivity contribution in [2.75, 3.05) is 5.75 Å². The molecule has 1 N–H and O–H groups in total. The van der Waals surface area contributed by atoms with E-state index in [9.17, 15) is 13.2 Å². The number of alkyl halides is 3. The highest BCUT2D eigenvalue weighted by molar-refractivity contribution is 8.14. The zero-order valence-electron chi connectivity index (χ0n) is 11.4. The lowest BCUT2D eigenvalue weighted by Gasteiger charge is -2.20. The smallest absolute Gasteiger partial charge is 0.359 e. The number of halogens is 3. The van der Waals surface area contributed by atoms with Gasteiger partial charge in [-0.15, -0.1) is 0 Å². The molecule has 1 aliphatic rings. The minimum Gasteiger partial charge on any atom is -0.359 e. The lowest BCUT2D eigenvalue weighted by atomic mass is 10.0. The van der Waals surface area contributed by atoms with Gasteiger partial charge in [-0.2, -0.15) is 13.2 Å². The van der Waals surface area contributed by atoms with Gasteiger partial charge in [0.2, 0.25) is 0 Å². The first-order chi connectivity index (χ1) is 9.32. The molecule has 2 nitrogen and oxygen atoms in total. The average Bonchev–Trinajstić information content (AvgIpc) is 2.79. The van der Waals surface area contributed by atoms with Crippen LogP contribution in [-0.4, -0.2) is 16.5 Å². The molecule has 0 aliphatic carbocycles. The van der Waals surface area contributed by atoms with Crippen LogP contribution in [0.4, 0.5) is 13.2 Å². The van der Waals surface area contributed by atoms with Gasteiger partial charge in [0.1, 0.15) is 0 Å². The van der Waals surface area contributed by atoms with Gasteiger partial charge in [0, 0.05) is 11.3 Å². The van der Waals surface area contributed by atoms with E-state index in [1.807, 2.05) is 0 Å². The number of nitrogens with zero attached hydrogens (tertiary/aromatic N) is 1. The molecule has 0 spiro atoms. The van der Waals surface area contributed by atoms with Crippen LogP contribution in [0.2, 0.25) is 0 Å². The molecule has 1 atom stereocenters. The predicted octanol–water partition coefficient (Wildman–Crippen LogP) is 4.07. The Labute approximate surface area is 120 Å². The van der Waals surface area contributed by atoms with Crippen molar-refractivity contribution in [2.24, 2.45) is 4.99 Å². The van der Waals surface area contributed by atoms with Gasteiger partial charge in [0.25, 0.3) is 0 Å². The zero-order valence-corrected chi connectivity index (χ0v) is 12.2. The first-order valence-corrected chi connectivity index (χ1v) is 7.42. The highest BCUT2D eigenvalue weighted by atomic mass is 32.2. The lowest BCUT2D eigenvalue weighted by Crippen LogP contribution is -2.39. The van der Waals surface area contributed by atoms with E-state index in [-0.39, 0.29) is 12.1 Å². The molecule has 1 saturated heterocycles. The summed E-state index contributed by atoms with van der Waals surface area (Å²) < 4.78 is 37.8. The van der Waals surface area contributed by atoms with Crippen molar-refractivity contribution >= 4 is 16.9 Å². The normalized spacial score (nSPS) is 24.9. The Morgan fingerprint density at radius 3 is 2.75 bits per heavy atom. The molecule has 1 aromatic carbocycles. The van der Waals surface area contributed by atoms with E-state index < -0.39 is 11.7 Å². The minimum absolute atomic E-state index is 0.0390. The number of nitrogens with one attached hydrogen (secondary N) is 1. The SMILES string of the molecule is CCC1(C)CSC(=NCc2cccc(C(F)(F)F)c2)N1. The van der Waals surface area contributed by atoms with Crippen LogP contribution in [0.1, 0.15) is 31.4 Å². The molecule has 2 rings (SSSR count). The summed E-state index contributed by atoms with van der Waals surface area (Å²) in [6, 6.07) is 5.32. The Hall–Kier alpha value is -1.17. The van der Waals surface area contributed by atoms with Crippen molar-refractivity contribution in [3.8, 4) is 0 Å². The summed E-state index contributed by atoms with van der Waals surface area (Å²) in [5, 5.41) is 4.13. The van der Waals surface area contributed by atoms with E-state index in [1.165, 1.54) is 6.07 Å². The molecule has 0 amide bonds. The van der Waals surface area contributed by atoms with Gasteiger partial charge in [-0.05, 0) is 31.0 Å². The van der Waals surface area contributed by atoms with Crippen molar-refractivity contribution in [3.63, 3.8) is 0 Å². The number of amidine groups is 1. The summed E-state index contributed by atoms with van der Waals surface area (Å²) in [5.74, 6) is 0.935. The molecular weight excluding hydrogens is 285 g/mol. The summed E-state index contributed by atoms with van der Waals surface area (Å²) in [6.07, 6.45) is -3.31. The second-order valence-electron chi connectivity index (χ2n) is 5.15. The quantitative estimate of drug-likeness (QED) is 0.910. The fourth-order valence-corrected chi connectivity index (χ4v) is 3.05. The summed E-state index contributed by atoms with van der Waals surface area (Å²) in [5.41, 5.74) is -0.0161. The van der Waals surface area contributed by atoms with Crippen molar-refractivity contribution in [1.82, 2.24) is 5.32 Å². The maximum atomic E-state index is 12.6. The lowest BCUT2D eigenvalue weighted by molar-refractivity contribution is -0.137. The Balaban J connectivity index is 2.05. The first kappa shape index (κ1) is 15.2. The van der Waals surface area contributed by atoms with Gasteiger partial charge < -0.3 is 5.32 Å². The maximum Gasteiger partial charge on any atom is 0.416 e. The maximum absolute atomic E-state index is 12.6. The number of hydrogen-bond donors (Lipinski definition) is 1. The molecule has 0 radical (unpaired) electrons. The van der Waals surface area contributed by atoms with Crippen molar-refractivity contribution in [1.29, 1.82) is 0 Å². The van der Waals surface area contributed by atoms with Crippen LogP contribution in [0.5, 0.6) is 0 Å². The first-order valence-electron chi connectivity index (χ1n) is 6.44. The second kappa shape index (κ2) is 5.68. The molecule has 6 heteroatoms. The van der Waals surface area contributed by atoms with E-state index in [4.69, 9.17) is 0 Å². The Kier molecular flexibility index (Phi) is 4.32. The van der Waals surface area contributed by atoms with Crippen LogP contribution in [0.25, 0.3) is 0 Å². The van der Waals surface area contributed by atoms with Crippen molar-refractivity contribution in [2.45, 2.75) is 38.5 Å². The monoisotopic (exact) mass is 302 g/mol. The van der Waals surface area contributed by atoms with Crippen LogP contribution in [-0.2, 0) is 12.7 Å². The van der Waals surface area contributed by atoms with Crippen LogP contribution in [0.15, 0.2) is 29.3 Å². The largest absolute Gasteiger partial charge is 0.416 e. The van der Waals surface area contributed by atoms with E-state index in [2.05, 4.69) is 24.2 Å². The molecule has 0 aromatic heterocycles. The topological polar surface area (TPSA) is 24.4 Å². The van der Waals surface area contributed by atoms with Gasteiger partial charge in [0.05, 0.1) is 12.1 Å². The standard InChI is InChI=1S/C14H17F3N2S/c1-3-13(2)9-20-12(19-13)18-8-10-5-4-6-11(7-10)14(15,16)17/h4-7H,3,8-9H2,1-2H3,(H,18,19). The number of rotatable bonds is 3. The number of aliphatic imine (C=N–C) groups is 1. The Morgan fingerprint density at radius 2 is 2.15 bits per heavy atom. The van der Waals surface area contributed by atoms with Crippen molar-refractivity contribution in [3.05, 3.63) is 35.4 Å². The van der Waals surface area contributed by atoms with Crippen LogP contribution < -0.4 is 5.32 Å². The molecule has 110 valence electrons. The van der Waals surface area contributed by atoms with E-state index in [0.717, 1.165) is 29.5 Å². The summed E-state index contributed by atoms with van der Waals surface area (Å²) in [4.78, 5) is 4.36. The number of thioether (sulfide) groups is 1. The molecule has 1 heterocycles. The number of benzene rings is 1. The van der Waals surface area contributed by atoms with E-state index >= 15 is 0 Å². The fraction of sp³-hybridized carbons (Fsp3) is 0.500. The van der Waals surface area contributed by atoms with Crippen LogP contribution >= 0.6 is 11.8 Å². The van der Waals surface area contributed by atoms with Gasteiger partial charge in [-0.1, -0.05) is 30.8 Å². The van der Waals surface area contributed by atoms with Crippen LogP contribution in [0, 0.1) is 0 Å². The van der Waals surface area contributed by atoms with Gasteiger partial charge in [-0.25, -0.2) is 0 Å². The summed E-state index contributed by atoms with van der Waals surface area (Å²) >= 11 is 1.62. The molecular formula is C14H17F3N2S. The third-order valence-electron chi connectivity index (χ3n) is 3.38. The van der Waals surface area contributed by atoms with E-state index in [0.29, 0.717) is 5.56 Å². The third kappa shape index (κ3) is 3.69. The van der Waals surface area contributed by atoms with Gasteiger partial charge in [0.15, 0.2) is 5.17 Å². The predicted molar refractivity (Wildman–Crippen MR) is 76.9 cm³/mol. The van der Waals surface area contributed by atoms with Gasteiger partial charge >= 0.3 is 6.18 Å². The highest BCUT2D eigenvalue weighted by Gasteiger charge is 2.31. The zero-order chi connectivity index (χ0) is 14.8. The summed E-state index contributed by atoms with van der Waals surface area (Å²) in [7, 11) is 0. The number of hydrogen-bond acceptors (Lipinski definition) is 2. The molecule has 20 heavy (non-hydrogen) atoms. The van der Waals surface area contributed by atoms with Gasteiger partial charge in [-0.3, -0.25) is 4.99 Å². The molecule has 1 fully saturated rings. The molecule has 1 aromatic rings. The fourth-order valence-electron chi connectivity index (χ4n) is 1.84. The third-order valence-corrected chi connectivity index (χ3v) is 4.66. The minimum atomic E-state index is -4.30. The molecule has 0 bridgehead atoms. The molecule has 0 saturated carbocycles. The van der Waals surface area contributed by atoms with Crippen LogP contribution in [0.3, 0.4) is 0 Å². The molecule has 1 aliphatic heterocycles. The summed E-state index contributed by atoms with van der Waals surface area (Å²) in [6.45, 7) is 4.48. The Morgan fingerprint density at radius 1 is 1.40 bits per heavy atom. The Bertz CT molecular complexity index is 513. The average molecular weight is 302 g/mol. The molecule has 1 unspecified atom stereocenters. The van der Waals surface area contributed by atoms with Crippen molar-refractivity contribution < 1.29 is 13.2 Å². The second-order valence-corrected chi connectivity index (χ2v) is 6.11. The van der Waals surface area contributed by atoms with E-state index in [1.54, 1.807) is 17.8 Å².